The van der Waals surface area contributed by atoms with Crippen LogP contribution >= 0.6 is 0 Å². The van der Waals surface area contributed by atoms with Crippen LogP contribution in [0.15, 0.2) is 5.03 Å². The summed E-state index contributed by atoms with van der Waals surface area (Å²) in [5.74, 6) is 0.424. The van der Waals surface area contributed by atoms with Gasteiger partial charge in [0, 0.05) is 19.2 Å². The lowest BCUT2D eigenvalue weighted by Crippen LogP contribution is -2.00. The Morgan fingerprint density at radius 2 is 2.29 bits per heavy atom. The van der Waals surface area contributed by atoms with Gasteiger partial charge in [0.15, 0.2) is 0 Å². The van der Waals surface area contributed by atoms with Crippen molar-refractivity contribution in [3.05, 3.63) is 11.3 Å². The molecule has 2 rings (SSSR count). The maximum Gasteiger partial charge on any atom is 0.142 e. The molecule has 1 saturated carbocycles. The third-order valence-corrected chi connectivity index (χ3v) is 3.38. The Morgan fingerprint density at radius 1 is 1.64 bits per heavy atom. The number of aromatic nitrogens is 2. The second-order valence-corrected chi connectivity index (χ2v) is 4.82. The van der Waals surface area contributed by atoms with E-state index in [2.05, 4.69) is 11.2 Å². The first kappa shape index (κ1) is 9.41. The molecule has 1 aromatic rings. The lowest BCUT2D eigenvalue weighted by molar-refractivity contribution is 0.650. The number of nitrogens with zero attached hydrogens (tertiary/aromatic N) is 3. The summed E-state index contributed by atoms with van der Waals surface area (Å²) in [6.07, 6.45) is 3.78. The Kier molecular flexibility index (Phi) is 2.16. The smallest absolute Gasteiger partial charge is 0.142 e. The second kappa shape index (κ2) is 3.21. The summed E-state index contributed by atoms with van der Waals surface area (Å²) in [6.45, 7) is 0. The Labute approximate surface area is 85.0 Å². The van der Waals surface area contributed by atoms with Gasteiger partial charge in [0.05, 0.1) is 16.5 Å². The molecule has 0 aliphatic heterocycles. The van der Waals surface area contributed by atoms with E-state index in [4.69, 9.17) is 5.26 Å². The van der Waals surface area contributed by atoms with Gasteiger partial charge in [-0.3, -0.25) is 8.89 Å². The standard InChI is InChI=1S/C9H11N3OS/c1-12-9(14(2)13)7(5-10)8(11-12)6-3-4-6/h6H,3-4H2,1-2H3. The van der Waals surface area contributed by atoms with Crippen molar-refractivity contribution >= 4 is 10.8 Å². The van der Waals surface area contributed by atoms with Gasteiger partial charge in [0.1, 0.15) is 16.7 Å². The molecule has 1 atom stereocenters. The molecule has 14 heavy (non-hydrogen) atoms. The quantitative estimate of drug-likeness (QED) is 0.727. The zero-order valence-electron chi connectivity index (χ0n) is 8.15. The van der Waals surface area contributed by atoms with Gasteiger partial charge in [-0.15, -0.1) is 0 Å². The van der Waals surface area contributed by atoms with Crippen LogP contribution in [-0.2, 0) is 17.8 Å². The SMILES string of the molecule is Cn1nc(C2CC2)c(C#N)c1S(C)=O. The molecule has 0 N–H and O–H groups in total. The Balaban J connectivity index is 2.59. The van der Waals surface area contributed by atoms with Crippen LogP contribution in [0, 0.1) is 11.3 Å². The van der Waals surface area contributed by atoms with Crippen molar-refractivity contribution < 1.29 is 4.21 Å². The number of hydrogen-bond donors (Lipinski definition) is 0. The van der Waals surface area contributed by atoms with Gasteiger partial charge in [0.25, 0.3) is 0 Å². The maximum absolute atomic E-state index is 11.4. The summed E-state index contributed by atoms with van der Waals surface area (Å²) in [4.78, 5) is 0. The summed E-state index contributed by atoms with van der Waals surface area (Å²) >= 11 is 0. The molecule has 0 saturated heterocycles. The summed E-state index contributed by atoms with van der Waals surface area (Å²) < 4.78 is 13.0. The molecule has 1 aliphatic rings. The third-order valence-electron chi connectivity index (χ3n) is 2.37. The van der Waals surface area contributed by atoms with E-state index >= 15 is 0 Å². The second-order valence-electron chi connectivity index (χ2n) is 3.53. The first-order valence-electron chi connectivity index (χ1n) is 4.45. The van der Waals surface area contributed by atoms with Gasteiger partial charge in [-0.25, -0.2) is 0 Å². The highest BCUT2D eigenvalue weighted by Crippen LogP contribution is 2.41. The average molecular weight is 209 g/mol. The van der Waals surface area contributed by atoms with Crippen LogP contribution in [0.25, 0.3) is 0 Å². The predicted octanol–water partition coefficient (Wildman–Crippen LogP) is 0.907. The Bertz CT molecular complexity index is 440. The van der Waals surface area contributed by atoms with Gasteiger partial charge < -0.3 is 0 Å². The zero-order chi connectivity index (χ0) is 10.3. The van der Waals surface area contributed by atoms with Gasteiger partial charge in [-0.1, -0.05) is 0 Å². The van der Waals surface area contributed by atoms with Crippen LogP contribution in [-0.4, -0.2) is 20.2 Å². The number of nitriles is 1. The van der Waals surface area contributed by atoms with Crippen molar-refractivity contribution in [2.75, 3.05) is 6.26 Å². The minimum Gasteiger partial charge on any atom is -0.258 e. The Hall–Kier alpha value is -1.15. The molecule has 5 heteroatoms. The molecule has 1 fully saturated rings. The summed E-state index contributed by atoms with van der Waals surface area (Å²) in [6, 6.07) is 2.11. The maximum atomic E-state index is 11.4. The number of hydrogen-bond acceptors (Lipinski definition) is 3. The van der Waals surface area contributed by atoms with Crippen molar-refractivity contribution in [2.24, 2.45) is 7.05 Å². The number of rotatable bonds is 2. The fraction of sp³-hybridized carbons (Fsp3) is 0.556. The fourth-order valence-corrected chi connectivity index (χ4v) is 2.46. The van der Waals surface area contributed by atoms with Crippen molar-refractivity contribution in [3.8, 4) is 6.07 Å². The largest absolute Gasteiger partial charge is 0.258 e. The topological polar surface area (TPSA) is 58.7 Å². The Morgan fingerprint density at radius 3 is 2.71 bits per heavy atom. The van der Waals surface area contributed by atoms with Crippen LogP contribution in [0.3, 0.4) is 0 Å². The molecule has 0 bridgehead atoms. The summed E-state index contributed by atoms with van der Waals surface area (Å²) in [5, 5.41) is 13.8. The molecule has 0 aromatic carbocycles. The van der Waals surface area contributed by atoms with Gasteiger partial charge in [-0.05, 0) is 12.8 Å². The van der Waals surface area contributed by atoms with E-state index in [1.54, 1.807) is 18.0 Å². The van der Waals surface area contributed by atoms with Crippen molar-refractivity contribution in [2.45, 2.75) is 23.8 Å². The van der Waals surface area contributed by atoms with Crippen LogP contribution in [0.5, 0.6) is 0 Å². The van der Waals surface area contributed by atoms with E-state index in [1.165, 1.54) is 0 Å². The molecule has 1 aromatic heterocycles. The lowest BCUT2D eigenvalue weighted by atomic mass is 10.2. The lowest BCUT2D eigenvalue weighted by Gasteiger charge is -1.95. The molecule has 1 heterocycles. The predicted molar refractivity (Wildman–Crippen MR) is 52.2 cm³/mol. The third kappa shape index (κ3) is 1.36. The van der Waals surface area contributed by atoms with Crippen LogP contribution < -0.4 is 0 Å². The average Bonchev–Trinajstić information content (AvgIpc) is 2.89. The number of aryl methyl sites for hydroxylation is 1. The molecule has 0 spiro atoms. The highest BCUT2D eigenvalue weighted by Gasteiger charge is 2.32. The molecule has 0 radical (unpaired) electrons. The van der Waals surface area contributed by atoms with Crippen LogP contribution in [0.1, 0.15) is 30.0 Å². The van der Waals surface area contributed by atoms with E-state index in [1.807, 2.05) is 0 Å². The molecular formula is C9H11N3OS. The minimum absolute atomic E-state index is 0.424. The first-order valence-corrected chi connectivity index (χ1v) is 6.01. The van der Waals surface area contributed by atoms with E-state index < -0.39 is 10.8 Å². The molecule has 74 valence electrons. The van der Waals surface area contributed by atoms with Crippen molar-refractivity contribution in [3.63, 3.8) is 0 Å². The van der Waals surface area contributed by atoms with Gasteiger partial charge in [0.2, 0.25) is 0 Å². The van der Waals surface area contributed by atoms with Crippen molar-refractivity contribution in [1.29, 1.82) is 5.26 Å². The van der Waals surface area contributed by atoms with E-state index in [0.717, 1.165) is 18.5 Å². The summed E-state index contributed by atoms with van der Waals surface area (Å²) in [5.41, 5.74) is 1.36. The van der Waals surface area contributed by atoms with Crippen LogP contribution in [0.2, 0.25) is 0 Å². The van der Waals surface area contributed by atoms with Gasteiger partial charge >= 0.3 is 0 Å². The minimum atomic E-state index is -1.14. The highest BCUT2D eigenvalue weighted by molar-refractivity contribution is 7.84. The van der Waals surface area contributed by atoms with E-state index in [-0.39, 0.29) is 0 Å². The fourth-order valence-electron chi connectivity index (χ4n) is 1.61. The molecule has 0 amide bonds. The molecule has 1 unspecified atom stereocenters. The van der Waals surface area contributed by atoms with E-state index in [0.29, 0.717) is 16.5 Å². The first-order chi connectivity index (χ1) is 6.65. The van der Waals surface area contributed by atoms with E-state index in [9.17, 15) is 4.21 Å². The normalized spacial score (nSPS) is 17.8. The zero-order valence-corrected chi connectivity index (χ0v) is 8.97. The molecule has 1 aliphatic carbocycles. The molecular weight excluding hydrogens is 198 g/mol. The van der Waals surface area contributed by atoms with Crippen molar-refractivity contribution in [1.82, 2.24) is 9.78 Å². The summed E-state index contributed by atoms with van der Waals surface area (Å²) in [7, 11) is 0.598. The van der Waals surface area contributed by atoms with Gasteiger partial charge in [-0.2, -0.15) is 10.4 Å². The monoisotopic (exact) mass is 209 g/mol. The highest BCUT2D eigenvalue weighted by atomic mass is 32.2. The molecule has 4 nitrogen and oxygen atoms in total. The van der Waals surface area contributed by atoms with Crippen LogP contribution in [0.4, 0.5) is 0 Å².